The summed E-state index contributed by atoms with van der Waals surface area (Å²) in [5.41, 5.74) is -0.829. The zero-order valence-corrected chi connectivity index (χ0v) is 8.78. The average Bonchev–Trinajstić information content (AvgIpc) is 2.19. The lowest BCUT2D eigenvalue weighted by Crippen LogP contribution is -2.46. The van der Waals surface area contributed by atoms with Gasteiger partial charge in [-0.1, -0.05) is 20.3 Å². The smallest absolute Gasteiger partial charge is 0.314 e. The van der Waals surface area contributed by atoms with Gasteiger partial charge in [0.25, 0.3) is 0 Å². The predicted octanol–water partition coefficient (Wildman–Crippen LogP) is 1.64. The molecule has 82 valence electrons. The second-order valence-corrected chi connectivity index (χ2v) is 3.78. The zero-order chi connectivity index (χ0) is 10.6. The molecule has 1 saturated heterocycles. The van der Waals surface area contributed by atoms with Gasteiger partial charge in [-0.25, -0.2) is 0 Å². The van der Waals surface area contributed by atoms with E-state index in [4.69, 9.17) is 14.6 Å². The predicted molar refractivity (Wildman–Crippen MR) is 51.0 cm³/mol. The van der Waals surface area contributed by atoms with Crippen molar-refractivity contribution in [3.8, 4) is 0 Å². The first-order valence-electron chi connectivity index (χ1n) is 5.11. The standard InChI is InChI=1S/C10H18O4/c1-3-5-8-13-6-10(4-2,7-14-8)9(11)12/h8H,3-7H2,1-2H3,(H,11,12). The molecule has 1 N–H and O–H groups in total. The molecule has 14 heavy (non-hydrogen) atoms. The molecule has 0 amide bonds. The molecule has 0 aromatic heterocycles. The summed E-state index contributed by atoms with van der Waals surface area (Å²) in [5.74, 6) is -0.824. The summed E-state index contributed by atoms with van der Waals surface area (Å²) in [5, 5.41) is 9.04. The van der Waals surface area contributed by atoms with Crippen molar-refractivity contribution in [3.05, 3.63) is 0 Å². The Kier molecular flexibility index (Phi) is 3.89. The number of hydrogen-bond donors (Lipinski definition) is 1. The van der Waals surface area contributed by atoms with Gasteiger partial charge in [-0.05, 0) is 12.8 Å². The zero-order valence-electron chi connectivity index (χ0n) is 8.78. The Morgan fingerprint density at radius 1 is 1.43 bits per heavy atom. The molecule has 0 saturated carbocycles. The number of hydrogen-bond acceptors (Lipinski definition) is 3. The van der Waals surface area contributed by atoms with Crippen LogP contribution < -0.4 is 0 Å². The quantitative estimate of drug-likeness (QED) is 0.753. The van der Waals surface area contributed by atoms with Gasteiger partial charge in [-0.3, -0.25) is 4.79 Å². The molecule has 0 radical (unpaired) electrons. The van der Waals surface area contributed by atoms with E-state index in [2.05, 4.69) is 0 Å². The second-order valence-electron chi connectivity index (χ2n) is 3.78. The number of rotatable bonds is 4. The third kappa shape index (κ3) is 2.25. The summed E-state index contributed by atoms with van der Waals surface area (Å²) in [4.78, 5) is 11.0. The van der Waals surface area contributed by atoms with Crippen LogP contribution >= 0.6 is 0 Å². The lowest BCUT2D eigenvalue weighted by atomic mass is 9.86. The Morgan fingerprint density at radius 2 is 2.00 bits per heavy atom. The van der Waals surface area contributed by atoms with Crippen molar-refractivity contribution >= 4 is 5.97 Å². The lowest BCUT2D eigenvalue weighted by molar-refractivity contribution is -0.236. The Labute approximate surface area is 84.2 Å². The van der Waals surface area contributed by atoms with Crippen LogP contribution in [0.1, 0.15) is 33.1 Å². The maximum absolute atomic E-state index is 11.0. The molecule has 1 aliphatic heterocycles. The molecule has 0 aliphatic carbocycles. The fourth-order valence-corrected chi connectivity index (χ4v) is 1.48. The minimum Gasteiger partial charge on any atom is -0.481 e. The van der Waals surface area contributed by atoms with E-state index >= 15 is 0 Å². The van der Waals surface area contributed by atoms with Crippen LogP contribution in [-0.4, -0.2) is 30.6 Å². The van der Waals surface area contributed by atoms with Gasteiger partial charge < -0.3 is 14.6 Å². The Balaban J connectivity index is 2.50. The highest BCUT2D eigenvalue weighted by molar-refractivity contribution is 5.75. The third-order valence-electron chi connectivity index (χ3n) is 2.75. The highest BCUT2D eigenvalue weighted by Gasteiger charge is 2.42. The summed E-state index contributed by atoms with van der Waals surface area (Å²) in [7, 11) is 0. The van der Waals surface area contributed by atoms with E-state index < -0.39 is 11.4 Å². The van der Waals surface area contributed by atoms with Crippen LogP contribution in [-0.2, 0) is 14.3 Å². The molecule has 4 nitrogen and oxygen atoms in total. The molecular weight excluding hydrogens is 184 g/mol. The largest absolute Gasteiger partial charge is 0.481 e. The van der Waals surface area contributed by atoms with Crippen molar-refractivity contribution in [2.75, 3.05) is 13.2 Å². The summed E-state index contributed by atoms with van der Waals surface area (Å²) >= 11 is 0. The van der Waals surface area contributed by atoms with Crippen LogP contribution in [0.15, 0.2) is 0 Å². The number of carboxylic acid groups (broad SMARTS) is 1. The van der Waals surface area contributed by atoms with E-state index in [0.29, 0.717) is 6.42 Å². The maximum Gasteiger partial charge on any atom is 0.314 e. The number of ether oxygens (including phenoxy) is 2. The molecule has 0 unspecified atom stereocenters. The van der Waals surface area contributed by atoms with Gasteiger partial charge in [0, 0.05) is 0 Å². The first-order chi connectivity index (χ1) is 6.64. The van der Waals surface area contributed by atoms with Crippen molar-refractivity contribution in [1.29, 1.82) is 0 Å². The van der Waals surface area contributed by atoms with Gasteiger partial charge >= 0.3 is 5.97 Å². The molecule has 0 aromatic rings. The van der Waals surface area contributed by atoms with Crippen LogP contribution in [0.4, 0.5) is 0 Å². The summed E-state index contributed by atoms with van der Waals surface area (Å²) in [6.45, 7) is 4.43. The van der Waals surface area contributed by atoms with E-state index in [1.165, 1.54) is 0 Å². The molecule has 0 aromatic carbocycles. The summed E-state index contributed by atoms with van der Waals surface area (Å²) in [6, 6.07) is 0. The van der Waals surface area contributed by atoms with E-state index in [9.17, 15) is 4.79 Å². The Morgan fingerprint density at radius 3 is 2.36 bits per heavy atom. The summed E-state index contributed by atoms with van der Waals surface area (Å²) < 4.78 is 10.8. The van der Waals surface area contributed by atoms with Gasteiger partial charge in [0.05, 0.1) is 13.2 Å². The highest BCUT2D eigenvalue weighted by Crippen LogP contribution is 2.29. The molecule has 4 heteroatoms. The average molecular weight is 202 g/mol. The maximum atomic E-state index is 11.0. The van der Waals surface area contributed by atoms with Crippen molar-refractivity contribution < 1.29 is 19.4 Å². The van der Waals surface area contributed by atoms with Crippen molar-refractivity contribution in [2.24, 2.45) is 5.41 Å². The molecular formula is C10H18O4. The number of carbonyl (C=O) groups is 1. The van der Waals surface area contributed by atoms with Gasteiger partial charge in [-0.15, -0.1) is 0 Å². The van der Waals surface area contributed by atoms with Crippen molar-refractivity contribution in [1.82, 2.24) is 0 Å². The fraction of sp³-hybridized carbons (Fsp3) is 0.900. The molecule has 1 aliphatic rings. The van der Waals surface area contributed by atoms with Crippen LogP contribution in [0, 0.1) is 5.41 Å². The van der Waals surface area contributed by atoms with Gasteiger partial charge in [0.1, 0.15) is 5.41 Å². The minimum absolute atomic E-state index is 0.209. The monoisotopic (exact) mass is 202 g/mol. The van der Waals surface area contributed by atoms with E-state index in [1.807, 2.05) is 13.8 Å². The van der Waals surface area contributed by atoms with Gasteiger partial charge in [-0.2, -0.15) is 0 Å². The van der Waals surface area contributed by atoms with Gasteiger partial charge in [0.2, 0.25) is 0 Å². The van der Waals surface area contributed by atoms with Crippen LogP contribution in [0.2, 0.25) is 0 Å². The number of carboxylic acids is 1. The molecule has 1 rings (SSSR count). The normalized spacial score (nSPS) is 32.9. The Hall–Kier alpha value is -0.610. The molecule has 0 atom stereocenters. The Bertz CT molecular complexity index is 194. The molecule has 0 bridgehead atoms. The first-order valence-corrected chi connectivity index (χ1v) is 5.11. The third-order valence-corrected chi connectivity index (χ3v) is 2.75. The van der Waals surface area contributed by atoms with E-state index in [0.717, 1.165) is 12.8 Å². The molecule has 1 heterocycles. The fourth-order valence-electron chi connectivity index (χ4n) is 1.48. The minimum atomic E-state index is -0.829. The van der Waals surface area contributed by atoms with E-state index in [1.54, 1.807) is 0 Å². The molecule has 1 fully saturated rings. The summed E-state index contributed by atoms with van der Waals surface area (Å²) in [6.07, 6.45) is 2.15. The van der Waals surface area contributed by atoms with Gasteiger partial charge in [0.15, 0.2) is 6.29 Å². The van der Waals surface area contributed by atoms with Crippen molar-refractivity contribution in [2.45, 2.75) is 39.4 Å². The number of aliphatic carboxylic acids is 1. The molecule has 0 spiro atoms. The first kappa shape index (κ1) is 11.5. The topological polar surface area (TPSA) is 55.8 Å². The SMILES string of the molecule is CCCC1OCC(CC)(C(=O)O)CO1. The van der Waals surface area contributed by atoms with Crippen LogP contribution in [0.3, 0.4) is 0 Å². The second kappa shape index (κ2) is 4.75. The lowest BCUT2D eigenvalue weighted by Gasteiger charge is -2.36. The van der Waals surface area contributed by atoms with Crippen LogP contribution in [0.5, 0.6) is 0 Å². The van der Waals surface area contributed by atoms with Crippen LogP contribution in [0.25, 0.3) is 0 Å². The van der Waals surface area contributed by atoms with E-state index in [-0.39, 0.29) is 19.5 Å². The highest BCUT2D eigenvalue weighted by atomic mass is 16.7. The van der Waals surface area contributed by atoms with Crippen molar-refractivity contribution in [3.63, 3.8) is 0 Å².